The Hall–Kier alpha value is -3.60. The van der Waals surface area contributed by atoms with Crippen molar-refractivity contribution in [3.63, 3.8) is 0 Å². The van der Waals surface area contributed by atoms with Crippen LogP contribution in [-0.4, -0.2) is 27.2 Å². The van der Waals surface area contributed by atoms with Gasteiger partial charge in [-0.15, -0.1) is 0 Å². The Bertz CT molecular complexity index is 1050. The van der Waals surface area contributed by atoms with Crippen LogP contribution in [0.1, 0.15) is 17.2 Å². The maximum absolute atomic E-state index is 14.3. The highest BCUT2D eigenvalue weighted by Gasteiger charge is 2.22. The van der Waals surface area contributed by atoms with Gasteiger partial charge in [0.1, 0.15) is 17.6 Å². The number of hydrogen-bond donors (Lipinski definition) is 3. The van der Waals surface area contributed by atoms with E-state index in [1.54, 1.807) is 0 Å². The molecule has 0 bridgehead atoms. The van der Waals surface area contributed by atoms with Crippen molar-refractivity contribution in [1.29, 1.82) is 16.1 Å². The topological polar surface area (TPSA) is 122 Å². The molecule has 8 heteroatoms. The molecule has 0 spiro atoms. The van der Waals surface area contributed by atoms with Crippen molar-refractivity contribution in [2.24, 2.45) is 0 Å². The van der Waals surface area contributed by atoms with Crippen LogP contribution in [0.5, 0.6) is 0 Å². The van der Waals surface area contributed by atoms with E-state index >= 15 is 0 Å². The predicted octanol–water partition coefficient (Wildman–Crippen LogP) is 2.11. The van der Waals surface area contributed by atoms with Gasteiger partial charge >= 0.3 is 0 Å². The van der Waals surface area contributed by atoms with Crippen LogP contribution in [0.2, 0.25) is 0 Å². The van der Waals surface area contributed by atoms with Crippen molar-refractivity contribution in [2.45, 2.75) is 5.92 Å². The number of nitrogens with one attached hydrogen (secondary N) is 3. The molecule has 0 radical (unpaired) electrons. The summed E-state index contributed by atoms with van der Waals surface area (Å²) in [5.74, 6) is -1.49. The van der Waals surface area contributed by atoms with E-state index in [0.717, 1.165) is 12.4 Å². The van der Waals surface area contributed by atoms with Crippen LogP contribution in [0.25, 0.3) is 16.6 Å². The number of rotatable bonds is 4. The van der Waals surface area contributed by atoms with Crippen LogP contribution in [0.3, 0.4) is 0 Å². The number of H-pyrrole nitrogens is 1. The molecule has 7 nitrogen and oxygen atoms in total. The normalized spacial score (nSPS) is 11.8. The summed E-state index contributed by atoms with van der Waals surface area (Å²) in [7, 11) is 0. The van der Waals surface area contributed by atoms with Gasteiger partial charge < -0.3 is 15.8 Å². The van der Waals surface area contributed by atoms with E-state index in [4.69, 9.17) is 10.8 Å². The Balaban J connectivity index is 2.47. The molecule has 24 heavy (non-hydrogen) atoms. The Morgan fingerprint density at radius 3 is 2.75 bits per heavy atom. The average Bonchev–Trinajstić information content (AvgIpc) is 2.96. The second-order valence-electron chi connectivity index (χ2n) is 4.97. The van der Waals surface area contributed by atoms with Crippen molar-refractivity contribution in [3.05, 3.63) is 57.9 Å². The van der Waals surface area contributed by atoms with E-state index in [2.05, 4.69) is 10.1 Å². The molecule has 3 N–H and O–H groups in total. The van der Waals surface area contributed by atoms with Crippen molar-refractivity contribution >= 4 is 23.3 Å². The predicted molar refractivity (Wildman–Crippen MR) is 86.7 cm³/mol. The van der Waals surface area contributed by atoms with E-state index in [0.29, 0.717) is 5.52 Å². The Kier molecular flexibility index (Phi) is 3.75. The zero-order valence-corrected chi connectivity index (χ0v) is 12.2. The molecule has 0 saturated carbocycles. The molecule has 1 aromatic carbocycles. The Morgan fingerprint density at radius 2 is 2.08 bits per heavy atom. The number of halogens is 1. The molecule has 0 saturated heterocycles. The van der Waals surface area contributed by atoms with Crippen molar-refractivity contribution in [3.8, 4) is 11.8 Å². The minimum Gasteiger partial charge on any atom is -0.328 e. The van der Waals surface area contributed by atoms with Gasteiger partial charge in [-0.2, -0.15) is 10.4 Å². The largest absolute Gasteiger partial charge is 0.328 e. The quantitative estimate of drug-likeness (QED) is 0.637. The fourth-order valence-electron chi connectivity index (χ4n) is 2.53. The fourth-order valence-corrected chi connectivity index (χ4v) is 2.53. The first kappa shape index (κ1) is 15.3. The lowest BCUT2D eigenvalue weighted by molar-refractivity contribution is 0.611. The van der Waals surface area contributed by atoms with Crippen molar-refractivity contribution in [2.75, 3.05) is 0 Å². The summed E-state index contributed by atoms with van der Waals surface area (Å²) in [4.78, 5) is 14.7. The smallest absolute Gasteiger partial charge is 0.259 e. The third kappa shape index (κ3) is 2.19. The van der Waals surface area contributed by atoms with Gasteiger partial charge in [-0.3, -0.25) is 4.79 Å². The molecular weight excluding hydrogens is 311 g/mol. The van der Waals surface area contributed by atoms with Crippen LogP contribution in [-0.2, 0) is 0 Å². The molecule has 2 heterocycles. The highest BCUT2D eigenvalue weighted by Crippen LogP contribution is 2.26. The second-order valence-corrected chi connectivity index (χ2v) is 4.97. The minimum atomic E-state index is -0.824. The summed E-state index contributed by atoms with van der Waals surface area (Å²) in [6, 6.07) is 7.49. The van der Waals surface area contributed by atoms with Crippen LogP contribution in [0.4, 0.5) is 4.39 Å². The van der Waals surface area contributed by atoms with Gasteiger partial charge in [0.05, 0.1) is 28.1 Å². The van der Waals surface area contributed by atoms with Crippen LogP contribution in [0.15, 0.2) is 35.3 Å². The van der Waals surface area contributed by atoms with E-state index in [9.17, 15) is 14.4 Å². The number of nitriles is 1. The van der Waals surface area contributed by atoms with E-state index in [-0.39, 0.29) is 22.3 Å². The molecule has 0 aliphatic carbocycles. The molecule has 118 valence electrons. The zero-order chi connectivity index (χ0) is 17.3. The molecule has 0 fully saturated rings. The summed E-state index contributed by atoms with van der Waals surface area (Å²) in [5, 5.41) is 28.5. The number of fused-ring (bicyclic) bond motifs is 1. The second kappa shape index (κ2) is 5.89. The number of hydrogen-bond acceptors (Lipinski definition) is 5. The molecular formula is C16H11FN6O. The number of aromatic amines is 1. The Labute approximate surface area is 135 Å². The average molecular weight is 322 g/mol. The summed E-state index contributed by atoms with van der Waals surface area (Å²) in [6.45, 7) is 0. The molecule has 2 aromatic heterocycles. The summed E-state index contributed by atoms with van der Waals surface area (Å²) in [6.07, 6.45) is 3.33. The molecule has 3 aromatic rings. The molecule has 3 rings (SSSR count). The summed E-state index contributed by atoms with van der Waals surface area (Å²) in [5.41, 5.74) is -0.0200. The Morgan fingerprint density at radius 1 is 1.33 bits per heavy atom. The third-order valence-corrected chi connectivity index (χ3v) is 3.62. The third-order valence-electron chi connectivity index (χ3n) is 3.62. The maximum Gasteiger partial charge on any atom is 0.259 e. The summed E-state index contributed by atoms with van der Waals surface area (Å²) < 4.78 is 15.5. The lowest BCUT2D eigenvalue weighted by atomic mass is 10.1. The van der Waals surface area contributed by atoms with Crippen LogP contribution in [0, 0.1) is 28.0 Å². The maximum atomic E-state index is 14.3. The number of pyridine rings is 1. The molecule has 0 unspecified atom stereocenters. The first-order chi connectivity index (χ1) is 11.6. The van der Waals surface area contributed by atoms with E-state index < -0.39 is 17.3 Å². The first-order valence-corrected chi connectivity index (χ1v) is 6.92. The number of benzene rings is 1. The van der Waals surface area contributed by atoms with Crippen LogP contribution < -0.4 is 5.56 Å². The van der Waals surface area contributed by atoms with Gasteiger partial charge in [-0.25, -0.2) is 9.07 Å². The van der Waals surface area contributed by atoms with Gasteiger partial charge in [-0.1, -0.05) is 6.07 Å². The number of aromatic nitrogens is 3. The minimum absolute atomic E-state index is 0.0625. The van der Waals surface area contributed by atoms with E-state index in [1.165, 1.54) is 35.1 Å². The first-order valence-electron chi connectivity index (χ1n) is 6.92. The molecule has 0 aliphatic heterocycles. The lowest BCUT2D eigenvalue weighted by Crippen LogP contribution is -2.09. The molecule has 0 aliphatic rings. The van der Waals surface area contributed by atoms with E-state index in [1.807, 2.05) is 6.07 Å². The molecule has 0 atom stereocenters. The van der Waals surface area contributed by atoms with Gasteiger partial charge in [0.15, 0.2) is 0 Å². The van der Waals surface area contributed by atoms with Gasteiger partial charge in [-0.05, 0) is 18.2 Å². The highest BCUT2D eigenvalue weighted by atomic mass is 19.1. The number of para-hydroxylation sites is 1. The molecule has 0 amide bonds. The lowest BCUT2D eigenvalue weighted by Gasteiger charge is -2.07. The monoisotopic (exact) mass is 322 g/mol. The van der Waals surface area contributed by atoms with Crippen molar-refractivity contribution in [1.82, 2.24) is 14.8 Å². The van der Waals surface area contributed by atoms with Crippen LogP contribution >= 0.6 is 0 Å². The van der Waals surface area contributed by atoms with Crippen molar-refractivity contribution < 1.29 is 4.39 Å². The van der Waals surface area contributed by atoms with Gasteiger partial charge in [0, 0.05) is 18.6 Å². The standard InChI is InChI=1S/C16H11FN6O/c17-11-3-1-2-9(6-18)15(11)23-12-4-5-21-16(24)13(12)14(22-23)10(7-19)8-20/h1-5,7-8,10,19-20H,(H,21,24). The van der Waals surface area contributed by atoms with Gasteiger partial charge in [0.2, 0.25) is 0 Å². The number of nitrogens with zero attached hydrogens (tertiary/aromatic N) is 3. The summed E-state index contributed by atoms with van der Waals surface area (Å²) >= 11 is 0. The zero-order valence-electron chi connectivity index (χ0n) is 12.2. The fraction of sp³-hybridized carbons (Fsp3) is 0.0625. The van der Waals surface area contributed by atoms with Gasteiger partial charge in [0.25, 0.3) is 5.56 Å². The SMILES string of the molecule is N#Cc1cccc(F)c1-n1nc(C(C=N)C=N)c2c(=O)[nH]ccc21. The highest BCUT2D eigenvalue weighted by molar-refractivity contribution is 5.94.